The Kier molecular flexibility index (Phi) is 6.32. The third-order valence-corrected chi connectivity index (χ3v) is 4.55. The summed E-state index contributed by atoms with van der Waals surface area (Å²) in [5.41, 5.74) is 2.48. The van der Waals surface area contributed by atoms with Gasteiger partial charge in [-0.15, -0.1) is 0 Å². The van der Waals surface area contributed by atoms with E-state index in [4.69, 9.17) is 0 Å². The number of amides is 1. The van der Waals surface area contributed by atoms with Crippen LogP contribution >= 0.6 is 0 Å². The number of benzene rings is 1. The van der Waals surface area contributed by atoms with Crippen LogP contribution in [0.25, 0.3) is 0 Å². The summed E-state index contributed by atoms with van der Waals surface area (Å²) in [7, 11) is 1.98. The van der Waals surface area contributed by atoms with Crippen LogP contribution in [0, 0.1) is 6.92 Å². The molecule has 0 aliphatic carbocycles. The topological polar surface area (TPSA) is 62.2 Å². The molecule has 0 unspecified atom stereocenters. The molecule has 6 nitrogen and oxygen atoms in total. The number of pyridine rings is 1. The quantitative estimate of drug-likeness (QED) is 0.632. The first-order chi connectivity index (χ1) is 13.6. The number of rotatable bonds is 7. The van der Waals surface area contributed by atoms with Gasteiger partial charge in [0.15, 0.2) is 0 Å². The maximum absolute atomic E-state index is 13.1. The number of hydrogen-bond donors (Lipinski definition) is 0. The highest BCUT2D eigenvalue weighted by Gasteiger charge is 2.19. The SMILES string of the molecule is CCN(C(=O)c1cc(N(C)CCc2ccncc2)nc(C)n1)c1ccccc1. The average molecular weight is 375 g/mol. The van der Waals surface area contributed by atoms with Crippen molar-refractivity contribution in [2.75, 3.05) is 29.9 Å². The Bertz CT molecular complexity index is 915. The number of anilines is 2. The fraction of sp³-hybridized carbons (Fsp3) is 0.273. The van der Waals surface area contributed by atoms with Crippen LogP contribution < -0.4 is 9.80 Å². The molecule has 6 heteroatoms. The maximum Gasteiger partial charge on any atom is 0.277 e. The zero-order valence-electron chi connectivity index (χ0n) is 16.5. The van der Waals surface area contributed by atoms with Gasteiger partial charge < -0.3 is 9.80 Å². The molecule has 144 valence electrons. The van der Waals surface area contributed by atoms with Crippen molar-refractivity contribution in [3.8, 4) is 0 Å². The Hall–Kier alpha value is -3.28. The van der Waals surface area contributed by atoms with E-state index in [0.717, 1.165) is 24.5 Å². The van der Waals surface area contributed by atoms with Gasteiger partial charge in [0.25, 0.3) is 5.91 Å². The first kappa shape index (κ1) is 19.5. The lowest BCUT2D eigenvalue weighted by Gasteiger charge is -2.22. The Labute approximate surface area is 165 Å². The van der Waals surface area contributed by atoms with Gasteiger partial charge in [-0.3, -0.25) is 9.78 Å². The van der Waals surface area contributed by atoms with Crippen molar-refractivity contribution >= 4 is 17.4 Å². The minimum absolute atomic E-state index is 0.122. The highest BCUT2D eigenvalue weighted by molar-refractivity contribution is 6.05. The van der Waals surface area contributed by atoms with Crippen molar-refractivity contribution in [2.24, 2.45) is 0 Å². The van der Waals surface area contributed by atoms with Crippen LogP contribution in [0.2, 0.25) is 0 Å². The van der Waals surface area contributed by atoms with Crippen LogP contribution in [0.3, 0.4) is 0 Å². The van der Waals surface area contributed by atoms with Crippen LogP contribution in [0.1, 0.15) is 28.8 Å². The Balaban J connectivity index is 1.79. The summed E-state index contributed by atoms with van der Waals surface area (Å²) in [5.74, 6) is 1.21. The molecule has 1 amide bonds. The highest BCUT2D eigenvalue weighted by Crippen LogP contribution is 2.18. The van der Waals surface area contributed by atoms with Crippen molar-refractivity contribution in [1.82, 2.24) is 15.0 Å². The van der Waals surface area contributed by atoms with Gasteiger partial charge in [0.1, 0.15) is 17.3 Å². The molecule has 0 saturated heterocycles. The molecule has 0 saturated carbocycles. The number of aromatic nitrogens is 3. The summed E-state index contributed by atoms with van der Waals surface area (Å²) in [6, 6.07) is 15.4. The molecule has 2 heterocycles. The number of likely N-dealkylation sites (N-methyl/N-ethyl adjacent to an activating group) is 1. The molecular weight excluding hydrogens is 350 g/mol. The second-order valence-electron chi connectivity index (χ2n) is 6.57. The van der Waals surface area contributed by atoms with E-state index in [1.165, 1.54) is 5.56 Å². The van der Waals surface area contributed by atoms with E-state index < -0.39 is 0 Å². The van der Waals surface area contributed by atoms with E-state index in [0.29, 0.717) is 18.1 Å². The number of hydrogen-bond acceptors (Lipinski definition) is 5. The molecule has 28 heavy (non-hydrogen) atoms. The van der Waals surface area contributed by atoms with E-state index in [2.05, 4.69) is 15.0 Å². The maximum atomic E-state index is 13.1. The van der Waals surface area contributed by atoms with E-state index in [-0.39, 0.29) is 5.91 Å². The summed E-state index contributed by atoms with van der Waals surface area (Å²) in [4.78, 5) is 29.8. The van der Waals surface area contributed by atoms with Gasteiger partial charge in [-0.2, -0.15) is 0 Å². The van der Waals surface area contributed by atoms with Gasteiger partial charge in [0.2, 0.25) is 0 Å². The number of aryl methyl sites for hydroxylation is 1. The van der Waals surface area contributed by atoms with Crippen molar-refractivity contribution in [3.63, 3.8) is 0 Å². The van der Waals surface area contributed by atoms with Gasteiger partial charge in [-0.25, -0.2) is 9.97 Å². The normalized spacial score (nSPS) is 10.5. The molecule has 0 spiro atoms. The zero-order valence-corrected chi connectivity index (χ0v) is 16.5. The molecular formula is C22H25N5O. The summed E-state index contributed by atoms with van der Waals surface area (Å²) in [5, 5.41) is 0. The molecule has 0 atom stereocenters. The Morgan fingerprint density at radius 2 is 1.75 bits per heavy atom. The lowest BCUT2D eigenvalue weighted by molar-refractivity contribution is 0.0983. The van der Waals surface area contributed by atoms with Crippen LogP contribution in [-0.4, -0.2) is 41.0 Å². The molecule has 3 aromatic rings. The fourth-order valence-corrected chi connectivity index (χ4v) is 3.01. The van der Waals surface area contributed by atoms with Crippen LogP contribution in [0.5, 0.6) is 0 Å². The molecule has 3 rings (SSSR count). The number of carbonyl (C=O) groups is 1. The van der Waals surface area contributed by atoms with Crippen molar-refractivity contribution in [1.29, 1.82) is 0 Å². The number of carbonyl (C=O) groups excluding carboxylic acids is 1. The van der Waals surface area contributed by atoms with Crippen LogP contribution in [0.4, 0.5) is 11.5 Å². The zero-order chi connectivity index (χ0) is 19.9. The van der Waals surface area contributed by atoms with Crippen molar-refractivity contribution in [2.45, 2.75) is 20.3 Å². The third-order valence-electron chi connectivity index (χ3n) is 4.55. The number of nitrogens with zero attached hydrogens (tertiary/aromatic N) is 5. The molecule has 2 aromatic heterocycles. The predicted molar refractivity (Wildman–Crippen MR) is 112 cm³/mol. The summed E-state index contributed by atoms with van der Waals surface area (Å²) in [6.07, 6.45) is 4.46. The van der Waals surface area contributed by atoms with Crippen molar-refractivity contribution < 1.29 is 4.79 Å². The van der Waals surface area contributed by atoms with Gasteiger partial charge in [-0.1, -0.05) is 18.2 Å². The molecule has 0 N–H and O–H groups in total. The van der Waals surface area contributed by atoms with E-state index in [1.54, 1.807) is 23.4 Å². The molecule has 0 fully saturated rings. The van der Waals surface area contributed by atoms with Crippen molar-refractivity contribution in [3.05, 3.63) is 78.0 Å². The van der Waals surface area contributed by atoms with Gasteiger partial charge in [-0.05, 0) is 50.1 Å². The Morgan fingerprint density at radius 3 is 2.43 bits per heavy atom. The van der Waals surface area contributed by atoms with Gasteiger partial charge in [0, 0.05) is 44.3 Å². The average Bonchev–Trinajstić information content (AvgIpc) is 2.73. The monoisotopic (exact) mass is 375 g/mol. The summed E-state index contributed by atoms with van der Waals surface area (Å²) in [6.45, 7) is 5.12. The molecule has 0 bridgehead atoms. The molecule has 0 aliphatic heterocycles. The van der Waals surface area contributed by atoms with E-state index in [1.807, 2.05) is 68.3 Å². The van der Waals surface area contributed by atoms with E-state index >= 15 is 0 Å². The molecule has 0 aliphatic rings. The predicted octanol–water partition coefficient (Wildman–Crippen LogP) is 3.53. The lowest BCUT2D eigenvalue weighted by Crippen LogP contribution is -2.32. The fourth-order valence-electron chi connectivity index (χ4n) is 3.01. The van der Waals surface area contributed by atoms with Crippen LogP contribution in [0.15, 0.2) is 60.9 Å². The van der Waals surface area contributed by atoms with Gasteiger partial charge in [0.05, 0.1) is 0 Å². The van der Waals surface area contributed by atoms with Gasteiger partial charge >= 0.3 is 0 Å². The second-order valence-corrected chi connectivity index (χ2v) is 6.57. The number of para-hydroxylation sites is 1. The standard InChI is InChI=1S/C22H25N5O/c1-4-27(19-8-6-5-7-9-19)22(28)20-16-21(25-17(2)24-20)26(3)15-12-18-10-13-23-14-11-18/h5-11,13-14,16H,4,12,15H2,1-3H3. The third kappa shape index (κ3) is 4.71. The lowest BCUT2D eigenvalue weighted by atomic mass is 10.2. The minimum atomic E-state index is -0.122. The smallest absolute Gasteiger partial charge is 0.277 e. The largest absolute Gasteiger partial charge is 0.359 e. The first-order valence-electron chi connectivity index (χ1n) is 9.41. The highest BCUT2D eigenvalue weighted by atomic mass is 16.2. The summed E-state index contributed by atoms with van der Waals surface area (Å²) >= 11 is 0. The molecule has 1 aromatic carbocycles. The molecule has 0 radical (unpaired) electrons. The summed E-state index contributed by atoms with van der Waals surface area (Å²) < 4.78 is 0. The van der Waals surface area contributed by atoms with Crippen LogP contribution in [-0.2, 0) is 6.42 Å². The van der Waals surface area contributed by atoms with E-state index in [9.17, 15) is 4.79 Å². The Morgan fingerprint density at radius 1 is 1.04 bits per heavy atom. The minimum Gasteiger partial charge on any atom is -0.359 e. The second kappa shape index (κ2) is 9.08. The first-order valence-corrected chi connectivity index (χ1v) is 9.41.